The van der Waals surface area contributed by atoms with Gasteiger partial charge in [0.25, 0.3) is 0 Å². The van der Waals surface area contributed by atoms with Crippen LogP contribution in [-0.2, 0) is 14.3 Å². The van der Waals surface area contributed by atoms with E-state index in [0.717, 1.165) is 0 Å². The molecule has 3 unspecified atom stereocenters. The first-order chi connectivity index (χ1) is 7.82. The molecule has 0 aliphatic carbocycles. The van der Waals surface area contributed by atoms with Gasteiger partial charge in [-0.1, -0.05) is 13.8 Å². The number of esters is 1. The molecule has 4 nitrogen and oxygen atoms in total. The lowest BCUT2D eigenvalue weighted by Crippen LogP contribution is -2.54. The van der Waals surface area contributed by atoms with Crippen LogP contribution >= 0.6 is 0 Å². The largest absolute Gasteiger partial charge is 0.467 e. The van der Waals surface area contributed by atoms with Crippen molar-refractivity contribution in [3.63, 3.8) is 0 Å². The monoisotopic (exact) mass is 244 g/mol. The summed E-state index contributed by atoms with van der Waals surface area (Å²) in [6.07, 6.45) is 1.51. The first-order valence-corrected chi connectivity index (χ1v) is 6.28. The Balaban J connectivity index is 2.94. The summed E-state index contributed by atoms with van der Waals surface area (Å²) in [7, 11) is 1.32. The Labute approximate surface area is 103 Å². The van der Waals surface area contributed by atoms with E-state index in [0.29, 0.717) is 12.8 Å². The van der Waals surface area contributed by atoms with Crippen LogP contribution in [0.4, 0.5) is 0 Å². The summed E-state index contributed by atoms with van der Waals surface area (Å²) in [5, 5.41) is 10.7. The van der Waals surface area contributed by atoms with Gasteiger partial charge in [-0.05, 0) is 32.6 Å². The smallest absolute Gasteiger partial charge is 0.338 e. The summed E-state index contributed by atoms with van der Waals surface area (Å²) >= 11 is 0. The van der Waals surface area contributed by atoms with Crippen LogP contribution in [0.3, 0.4) is 0 Å². The van der Waals surface area contributed by atoms with Gasteiger partial charge in [0.05, 0.1) is 19.3 Å². The fraction of sp³-hybridized carbons (Fsp3) is 0.923. The maximum atomic E-state index is 11.9. The molecule has 0 radical (unpaired) electrons. The zero-order chi connectivity index (χ0) is 13.2. The minimum Gasteiger partial charge on any atom is -0.467 e. The predicted octanol–water partition coefficient (Wildman–Crippen LogP) is 1.75. The molecule has 3 atom stereocenters. The van der Waals surface area contributed by atoms with Crippen LogP contribution in [0, 0.1) is 11.8 Å². The lowest BCUT2D eigenvalue weighted by Gasteiger charge is -2.42. The van der Waals surface area contributed by atoms with Gasteiger partial charge in [0.1, 0.15) is 0 Å². The molecule has 0 saturated carbocycles. The average molecular weight is 244 g/mol. The maximum Gasteiger partial charge on any atom is 0.338 e. The summed E-state index contributed by atoms with van der Waals surface area (Å²) in [6.45, 7) is 7.64. The van der Waals surface area contributed by atoms with Crippen molar-refractivity contribution in [2.24, 2.45) is 11.8 Å². The van der Waals surface area contributed by atoms with Crippen LogP contribution < -0.4 is 0 Å². The molecule has 1 saturated heterocycles. The normalized spacial score (nSPS) is 33.2. The Morgan fingerprint density at radius 3 is 2.18 bits per heavy atom. The molecule has 0 aromatic rings. The summed E-state index contributed by atoms with van der Waals surface area (Å²) in [5.41, 5.74) is -1.40. The van der Waals surface area contributed by atoms with E-state index < -0.39 is 11.6 Å². The molecule has 0 amide bonds. The second-order valence-electron chi connectivity index (χ2n) is 5.40. The van der Waals surface area contributed by atoms with Crippen molar-refractivity contribution in [2.45, 2.75) is 58.3 Å². The molecule has 17 heavy (non-hydrogen) atoms. The third kappa shape index (κ3) is 2.80. The van der Waals surface area contributed by atoms with Gasteiger partial charge in [-0.15, -0.1) is 0 Å². The van der Waals surface area contributed by atoms with E-state index >= 15 is 0 Å². The number of carbonyl (C=O) groups is 1. The fourth-order valence-corrected chi connectivity index (χ4v) is 2.80. The van der Waals surface area contributed by atoms with Crippen molar-refractivity contribution in [3.05, 3.63) is 0 Å². The van der Waals surface area contributed by atoms with E-state index in [1.54, 1.807) is 0 Å². The molecule has 1 N–H and O–H groups in total. The standard InChI is InChI=1S/C13H24O4/c1-8(2)13(15,12(14)16-5)11-6-9(3)17-10(4)7-11/h8-11,15H,6-7H2,1-5H3. The second-order valence-corrected chi connectivity index (χ2v) is 5.40. The van der Waals surface area contributed by atoms with Gasteiger partial charge < -0.3 is 14.6 Å². The van der Waals surface area contributed by atoms with Crippen molar-refractivity contribution >= 4 is 5.97 Å². The zero-order valence-corrected chi connectivity index (χ0v) is 11.4. The van der Waals surface area contributed by atoms with Crippen LogP contribution in [0.1, 0.15) is 40.5 Å². The van der Waals surface area contributed by atoms with E-state index in [-0.39, 0.29) is 24.0 Å². The van der Waals surface area contributed by atoms with Gasteiger partial charge in [0.15, 0.2) is 5.60 Å². The SMILES string of the molecule is COC(=O)C(O)(C(C)C)C1CC(C)OC(C)C1. The average Bonchev–Trinajstić information content (AvgIpc) is 2.25. The number of hydrogen-bond acceptors (Lipinski definition) is 4. The van der Waals surface area contributed by atoms with Crippen LogP contribution in [0.2, 0.25) is 0 Å². The molecular weight excluding hydrogens is 220 g/mol. The minimum atomic E-state index is -1.40. The van der Waals surface area contributed by atoms with E-state index in [4.69, 9.17) is 9.47 Å². The number of rotatable bonds is 3. The molecular formula is C13H24O4. The topological polar surface area (TPSA) is 55.8 Å². The second kappa shape index (κ2) is 5.36. The molecule has 4 heteroatoms. The van der Waals surface area contributed by atoms with E-state index in [1.165, 1.54) is 7.11 Å². The highest BCUT2D eigenvalue weighted by Crippen LogP contribution is 2.38. The Bertz CT molecular complexity index is 267. The minimum absolute atomic E-state index is 0.0682. The molecule has 1 rings (SSSR count). The molecule has 1 fully saturated rings. The summed E-state index contributed by atoms with van der Waals surface area (Å²) in [6, 6.07) is 0. The number of aliphatic hydroxyl groups is 1. The summed E-state index contributed by atoms with van der Waals surface area (Å²) in [5.74, 6) is -0.801. The lowest BCUT2D eigenvalue weighted by atomic mass is 9.72. The highest BCUT2D eigenvalue weighted by Gasteiger charge is 2.49. The Kier molecular flexibility index (Phi) is 4.55. The van der Waals surface area contributed by atoms with Crippen molar-refractivity contribution < 1.29 is 19.4 Å². The summed E-state index contributed by atoms with van der Waals surface area (Å²) < 4.78 is 10.4. The number of methoxy groups -OCH3 is 1. The first-order valence-electron chi connectivity index (χ1n) is 6.28. The molecule has 0 aromatic carbocycles. The van der Waals surface area contributed by atoms with E-state index in [1.807, 2.05) is 27.7 Å². The Morgan fingerprint density at radius 2 is 1.82 bits per heavy atom. The van der Waals surface area contributed by atoms with Crippen molar-refractivity contribution in [3.8, 4) is 0 Å². The van der Waals surface area contributed by atoms with Gasteiger partial charge in [0, 0.05) is 5.92 Å². The molecule has 1 aliphatic rings. The lowest BCUT2D eigenvalue weighted by molar-refractivity contribution is -0.186. The van der Waals surface area contributed by atoms with Crippen LogP contribution in [0.15, 0.2) is 0 Å². The van der Waals surface area contributed by atoms with Crippen molar-refractivity contribution in [1.29, 1.82) is 0 Å². The Morgan fingerprint density at radius 1 is 1.35 bits per heavy atom. The highest BCUT2D eigenvalue weighted by atomic mass is 16.5. The molecule has 1 heterocycles. The first kappa shape index (κ1) is 14.5. The van der Waals surface area contributed by atoms with Gasteiger partial charge in [-0.2, -0.15) is 0 Å². The van der Waals surface area contributed by atoms with Gasteiger partial charge >= 0.3 is 5.97 Å². The number of carbonyl (C=O) groups excluding carboxylic acids is 1. The van der Waals surface area contributed by atoms with Crippen LogP contribution in [0.5, 0.6) is 0 Å². The van der Waals surface area contributed by atoms with Crippen molar-refractivity contribution in [1.82, 2.24) is 0 Å². The van der Waals surface area contributed by atoms with Gasteiger partial charge in [0.2, 0.25) is 0 Å². The zero-order valence-electron chi connectivity index (χ0n) is 11.4. The quantitative estimate of drug-likeness (QED) is 0.768. The van der Waals surface area contributed by atoms with E-state index in [9.17, 15) is 9.90 Å². The van der Waals surface area contributed by atoms with Crippen molar-refractivity contribution in [2.75, 3.05) is 7.11 Å². The highest BCUT2D eigenvalue weighted by molar-refractivity contribution is 5.80. The third-order valence-corrected chi connectivity index (χ3v) is 3.71. The molecule has 100 valence electrons. The van der Waals surface area contributed by atoms with Crippen LogP contribution in [-0.4, -0.2) is 36.0 Å². The van der Waals surface area contributed by atoms with Gasteiger partial charge in [-0.25, -0.2) is 4.79 Å². The maximum absolute atomic E-state index is 11.9. The third-order valence-electron chi connectivity index (χ3n) is 3.71. The summed E-state index contributed by atoms with van der Waals surface area (Å²) in [4.78, 5) is 11.9. The molecule has 0 bridgehead atoms. The van der Waals surface area contributed by atoms with Crippen LogP contribution in [0.25, 0.3) is 0 Å². The Hall–Kier alpha value is -0.610. The predicted molar refractivity (Wildman–Crippen MR) is 64.5 cm³/mol. The molecule has 0 spiro atoms. The van der Waals surface area contributed by atoms with E-state index in [2.05, 4.69) is 0 Å². The molecule has 0 aromatic heterocycles. The molecule has 1 aliphatic heterocycles. The number of ether oxygens (including phenoxy) is 2. The number of hydrogen-bond donors (Lipinski definition) is 1. The fourth-order valence-electron chi connectivity index (χ4n) is 2.80. The van der Waals surface area contributed by atoms with Gasteiger partial charge in [-0.3, -0.25) is 0 Å².